The summed E-state index contributed by atoms with van der Waals surface area (Å²) in [6.07, 6.45) is -1.74. The van der Waals surface area contributed by atoms with Crippen molar-refractivity contribution >= 4 is 0 Å². The third kappa shape index (κ3) is 4.21. The van der Waals surface area contributed by atoms with Gasteiger partial charge in [-0.1, -0.05) is 30.7 Å². The van der Waals surface area contributed by atoms with Crippen LogP contribution in [0.2, 0.25) is 0 Å². The first kappa shape index (κ1) is 14.3. The van der Waals surface area contributed by atoms with Crippen LogP contribution in [0, 0.1) is 0 Å². The summed E-state index contributed by atoms with van der Waals surface area (Å²) < 4.78 is 40.1. The maximum Gasteiger partial charge on any atom is 0.411 e. The highest BCUT2D eigenvalue weighted by molar-refractivity contribution is 5.27. The lowest BCUT2D eigenvalue weighted by Gasteiger charge is -2.26. The Morgan fingerprint density at radius 1 is 1.21 bits per heavy atom. The minimum Gasteiger partial charge on any atom is -0.386 e. The van der Waals surface area contributed by atoms with E-state index in [0.29, 0.717) is 11.5 Å². The normalized spacial score (nSPS) is 18.1. The highest BCUT2D eigenvalue weighted by Gasteiger charge is 2.28. The number of aliphatic hydroxyl groups excluding tert-OH is 1. The first-order chi connectivity index (χ1) is 8.96. The molecule has 0 bridgehead atoms. The monoisotopic (exact) mass is 274 g/mol. The molecular formula is C14H17F3O2. The molecule has 1 unspecified atom stereocenters. The van der Waals surface area contributed by atoms with Crippen molar-refractivity contribution in [3.05, 3.63) is 35.4 Å². The Morgan fingerprint density at radius 3 is 2.32 bits per heavy atom. The Bertz CT molecular complexity index is 396. The molecule has 106 valence electrons. The molecule has 0 radical (unpaired) electrons. The van der Waals surface area contributed by atoms with Crippen molar-refractivity contribution in [1.82, 2.24) is 0 Å². The maximum absolute atomic E-state index is 11.9. The third-order valence-electron chi connectivity index (χ3n) is 3.44. The van der Waals surface area contributed by atoms with Gasteiger partial charge in [-0.05, 0) is 29.9 Å². The van der Waals surface area contributed by atoms with Gasteiger partial charge >= 0.3 is 6.18 Å². The first-order valence-corrected chi connectivity index (χ1v) is 6.38. The molecule has 0 amide bonds. The van der Waals surface area contributed by atoms with Gasteiger partial charge in [0, 0.05) is 0 Å². The summed E-state index contributed by atoms with van der Waals surface area (Å²) in [4.78, 5) is 0. The van der Waals surface area contributed by atoms with E-state index in [1.807, 2.05) is 12.1 Å². The zero-order valence-corrected chi connectivity index (χ0v) is 10.5. The fourth-order valence-electron chi connectivity index (χ4n) is 2.11. The summed E-state index contributed by atoms with van der Waals surface area (Å²) in [5.74, 6) is 0.604. The average Bonchev–Trinajstić information content (AvgIpc) is 2.25. The summed E-state index contributed by atoms with van der Waals surface area (Å²) in [7, 11) is 0. The topological polar surface area (TPSA) is 29.5 Å². The second-order valence-corrected chi connectivity index (χ2v) is 4.94. The van der Waals surface area contributed by atoms with Crippen LogP contribution in [-0.4, -0.2) is 24.5 Å². The molecule has 1 fully saturated rings. The highest BCUT2D eigenvalue weighted by Crippen LogP contribution is 2.36. The number of ether oxygens (including phenoxy) is 1. The third-order valence-corrected chi connectivity index (χ3v) is 3.44. The number of hydrogen-bond acceptors (Lipinski definition) is 2. The van der Waals surface area contributed by atoms with Crippen molar-refractivity contribution in [2.45, 2.75) is 37.5 Å². The maximum atomic E-state index is 11.9. The molecule has 1 aliphatic carbocycles. The highest BCUT2D eigenvalue weighted by atomic mass is 19.4. The van der Waals surface area contributed by atoms with Gasteiger partial charge in [0.1, 0.15) is 12.7 Å². The molecule has 0 aliphatic heterocycles. The molecule has 19 heavy (non-hydrogen) atoms. The molecule has 1 saturated carbocycles. The van der Waals surface area contributed by atoms with Crippen LogP contribution in [0.3, 0.4) is 0 Å². The SMILES string of the molecule is OC(COCC(F)(F)F)c1ccc(C2CCC2)cc1. The fraction of sp³-hybridized carbons (Fsp3) is 0.571. The number of benzene rings is 1. The Hall–Kier alpha value is -1.07. The molecule has 1 atom stereocenters. The number of halogens is 3. The van der Waals surface area contributed by atoms with E-state index in [1.54, 1.807) is 12.1 Å². The zero-order chi connectivity index (χ0) is 13.9. The molecular weight excluding hydrogens is 257 g/mol. The molecule has 2 nitrogen and oxygen atoms in total. The van der Waals surface area contributed by atoms with Crippen LogP contribution in [0.4, 0.5) is 13.2 Å². The molecule has 5 heteroatoms. The van der Waals surface area contributed by atoms with Gasteiger partial charge in [-0.25, -0.2) is 0 Å². The van der Waals surface area contributed by atoms with E-state index in [9.17, 15) is 18.3 Å². The first-order valence-electron chi connectivity index (χ1n) is 6.38. The van der Waals surface area contributed by atoms with Gasteiger partial charge in [0.25, 0.3) is 0 Å². The van der Waals surface area contributed by atoms with Gasteiger partial charge in [-0.3, -0.25) is 0 Å². The molecule has 0 aromatic heterocycles. The van der Waals surface area contributed by atoms with E-state index in [0.717, 1.165) is 0 Å². The second-order valence-electron chi connectivity index (χ2n) is 4.94. The molecule has 1 aromatic carbocycles. The lowest BCUT2D eigenvalue weighted by Crippen LogP contribution is -2.19. The number of alkyl halides is 3. The van der Waals surface area contributed by atoms with Gasteiger partial charge < -0.3 is 9.84 Å². The van der Waals surface area contributed by atoms with E-state index in [2.05, 4.69) is 4.74 Å². The van der Waals surface area contributed by atoms with Crippen LogP contribution >= 0.6 is 0 Å². The van der Waals surface area contributed by atoms with Crippen LogP contribution in [0.5, 0.6) is 0 Å². The summed E-state index contributed by atoms with van der Waals surface area (Å²) in [5, 5.41) is 9.73. The van der Waals surface area contributed by atoms with Crippen molar-refractivity contribution in [2.24, 2.45) is 0 Å². The lowest BCUT2D eigenvalue weighted by molar-refractivity contribution is -0.179. The molecule has 1 aliphatic rings. The predicted molar refractivity (Wildman–Crippen MR) is 64.9 cm³/mol. The van der Waals surface area contributed by atoms with Crippen LogP contribution in [-0.2, 0) is 4.74 Å². The predicted octanol–water partition coefficient (Wildman–Crippen LogP) is 3.57. The van der Waals surface area contributed by atoms with Gasteiger partial charge in [-0.2, -0.15) is 13.2 Å². The quantitative estimate of drug-likeness (QED) is 0.889. The van der Waals surface area contributed by atoms with Gasteiger partial charge in [0.15, 0.2) is 0 Å². The van der Waals surface area contributed by atoms with E-state index >= 15 is 0 Å². The Balaban J connectivity index is 1.83. The largest absolute Gasteiger partial charge is 0.411 e. The van der Waals surface area contributed by atoms with Crippen molar-refractivity contribution in [3.63, 3.8) is 0 Å². The smallest absolute Gasteiger partial charge is 0.386 e. The minimum absolute atomic E-state index is 0.345. The average molecular weight is 274 g/mol. The number of hydrogen-bond donors (Lipinski definition) is 1. The van der Waals surface area contributed by atoms with E-state index in [-0.39, 0.29) is 6.61 Å². The molecule has 1 aromatic rings. The standard InChI is InChI=1S/C14H17F3O2/c15-14(16,17)9-19-8-13(18)12-6-4-11(5-7-12)10-2-1-3-10/h4-7,10,13,18H,1-3,8-9H2. The van der Waals surface area contributed by atoms with Crippen LogP contribution in [0.1, 0.15) is 42.4 Å². The van der Waals surface area contributed by atoms with Crippen LogP contribution < -0.4 is 0 Å². The Kier molecular flexibility index (Phi) is 4.47. The molecule has 0 spiro atoms. The lowest BCUT2D eigenvalue weighted by atomic mass is 9.80. The van der Waals surface area contributed by atoms with Crippen molar-refractivity contribution in [3.8, 4) is 0 Å². The zero-order valence-electron chi connectivity index (χ0n) is 10.5. The van der Waals surface area contributed by atoms with E-state index in [4.69, 9.17) is 0 Å². The Morgan fingerprint density at radius 2 is 1.84 bits per heavy atom. The molecule has 1 N–H and O–H groups in total. The molecule has 0 heterocycles. The van der Waals surface area contributed by atoms with E-state index in [1.165, 1.54) is 24.8 Å². The molecule has 0 saturated heterocycles. The minimum atomic E-state index is -4.35. The molecule has 2 rings (SSSR count). The number of rotatable bonds is 5. The summed E-state index contributed by atoms with van der Waals surface area (Å²) in [6.45, 7) is -1.67. The van der Waals surface area contributed by atoms with Crippen molar-refractivity contribution in [1.29, 1.82) is 0 Å². The Labute approximate surface area is 110 Å². The summed E-state index contributed by atoms with van der Waals surface area (Å²) in [6, 6.07) is 7.39. The fourth-order valence-corrected chi connectivity index (χ4v) is 2.11. The van der Waals surface area contributed by atoms with E-state index < -0.39 is 18.9 Å². The van der Waals surface area contributed by atoms with Gasteiger partial charge in [-0.15, -0.1) is 0 Å². The summed E-state index contributed by atoms with van der Waals surface area (Å²) >= 11 is 0. The van der Waals surface area contributed by atoms with Crippen LogP contribution in [0.25, 0.3) is 0 Å². The van der Waals surface area contributed by atoms with Crippen LogP contribution in [0.15, 0.2) is 24.3 Å². The summed E-state index contributed by atoms with van der Waals surface area (Å²) in [5.41, 5.74) is 1.82. The second kappa shape index (κ2) is 5.92. The van der Waals surface area contributed by atoms with Gasteiger partial charge in [0.05, 0.1) is 6.61 Å². The van der Waals surface area contributed by atoms with Crippen molar-refractivity contribution in [2.75, 3.05) is 13.2 Å². The van der Waals surface area contributed by atoms with Gasteiger partial charge in [0.2, 0.25) is 0 Å². The van der Waals surface area contributed by atoms with Crippen molar-refractivity contribution < 1.29 is 23.0 Å². The number of aliphatic hydroxyl groups is 1.